The van der Waals surface area contributed by atoms with Crippen LogP contribution < -0.4 is 5.32 Å². The SMILES string of the molecule is O=[N+]([O-])O.c1ccc(CC2CCNCC2)cc1. The van der Waals surface area contributed by atoms with Crippen molar-refractivity contribution in [2.45, 2.75) is 19.3 Å². The molecule has 5 nitrogen and oxygen atoms in total. The maximum absolute atomic E-state index is 8.36. The minimum atomic E-state index is -1.50. The Morgan fingerprint density at radius 2 is 1.82 bits per heavy atom. The van der Waals surface area contributed by atoms with Crippen LogP contribution >= 0.6 is 0 Å². The van der Waals surface area contributed by atoms with Crippen LogP contribution in [0.3, 0.4) is 0 Å². The fourth-order valence-electron chi connectivity index (χ4n) is 2.03. The van der Waals surface area contributed by atoms with Gasteiger partial charge in [0.1, 0.15) is 0 Å². The second kappa shape index (κ2) is 7.62. The van der Waals surface area contributed by atoms with Gasteiger partial charge in [-0.1, -0.05) is 30.3 Å². The van der Waals surface area contributed by atoms with E-state index in [0.717, 1.165) is 5.92 Å². The van der Waals surface area contributed by atoms with Crippen LogP contribution in [-0.4, -0.2) is 23.4 Å². The maximum Gasteiger partial charge on any atom is 0.291 e. The van der Waals surface area contributed by atoms with Gasteiger partial charge in [0.05, 0.1) is 0 Å². The van der Waals surface area contributed by atoms with E-state index < -0.39 is 5.09 Å². The summed E-state index contributed by atoms with van der Waals surface area (Å²) in [4.78, 5) is 8.36. The van der Waals surface area contributed by atoms with Crippen LogP contribution in [0.5, 0.6) is 0 Å². The Bertz CT molecular complexity index is 320. The van der Waals surface area contributed by atoms with Crippen molar-refractivity contribution in [1.82, 2.24) is 5.32 Å². The molecule has 1 heterocycles. The molecule has 94 valence electrons. The smallest absolute Gasteiger partial charge is 0.291 e. The van der Waals surface area contributed by atoms with E-state index in [1.165, 1.54) is 37.9 Å². The Morgan fingerprint density at radius 3 is 2.35 bits per heavy atom. The molecule has 0 saturated carbocycles. The van der Waals surface area contributed by atoms with E-state index in [1.54, 1.807) is 0 Å². The first-order chi connectivity index (χ1) is 8.18. The lowest BCUT2D eigenvalue weighted by atomic mass is 9.91. The lowest BCUT2D eigenvalue weighted by Crippen LogP contribution is -2.28. The van der Waals surface area contributed by atoms with E-state index in [4.69, 9.17) is 15.3 Å². The zero-order valence-corrected chi connectivity index (χ0v) is 9.71. The van der Waals surface area contributed by atoms with Crippen LogP contribution in [-0.2, 0) is 6.42 Å². The third-order valence-electron chi connectivity index (χ3n) is 2.83. The summed E-state index contributed by atoms with van der Waals surface area (Å²) in [6.07, 6.45) is 3.95. The Balaban J connectivity index is 0.000000317. The van der Waals surface area contributed by atoms with E-state index in [2.05, 4.69) is 35.6 Å². The maximum atomic E-state index is 8.36. The van der Waals surface area contributed by atoms with Gasteiger partial charge in [0.15, 0.2) is 0 Å². The second-order valence-corrected chi connectivity index (χ2v) is 4.12. The molecule has 1 aliphatic heterocycles. The molecule has 5 heteroatoms. The summed E-state index contributed by atoms with van der Waals surface area (Å²) in [5, 5.41) is 17.0. The summed E-state index contributed by atoms with van der Waals surface area (Å²) in [6.45, 7) is 2.41. The largest absolute Gasteiger partial charge is 0.328 e. The third kappa shape index (κ3) is 6.52. The summed E-state index contributed by atoms with van der Waals surface area (Å²) in [7, 11) is 0. The molecular formula is C12H18N2O3. The van der Waals surface area contributed by atoms with Crippen LogP contribution in [0, 0.1) is 16.0 Å². The second-order valence-electron chi connectivity index (χ2n) is 4.12. The molecule has 0 spiro atoms. The van der Waals surface area contributed by atoms with Gasteiger partial charge in [-0.15, -0.1) is 10.1 Å². The van der Waals surface area contributed by atoms with Crippen molar-refractivity contribution in [1.29, 1.82) is 0 Å². The molecule has 1 saturated heterocycles. The Labute approximate surface area is 101 Å². The highest BCUT2D eigenvalue weighted by Gasteiger charge is 2.12. The number of nitrogens with one attached hydrogen (secondary N) is 1. The zero-order chi connectivity index (χ0) is 12.5. The fraction of sp³-hybridized carbons (Fsp3) is 0.500. The van der Waals surface area contributed by atoms with Crippen LogP contribution in [0.4, 0.5) is 0 Å². The number of rotatable bonds is 2. The van der Waals surface area contributed by atoms with Gasteiger partial charge in [0.2, 0.25) is 0 Å². The highest BCUT2D eigenvalue weighted by atomic mass is 16.9. The molecule has 1 aromatic rings. The van der Waals surface area contributed by atoms with Crippen molar-refractivity contribution >= 4 is 0 Å². The Hall–Kier alpha value is -1.62. The molecule has 0 unspecified atom stereocenters. The van der Waals surface area contributed by atoms with Crippen molar-refractivity contribution in [3.8, 4) is 0 Å². The summed E-state index contributed by atoms with van der Waals surface area (Å²) in [5.41, 5.74) is 1.49. The van der Waals surface area contributed by atoms with Crippen molar-refractivity contribution in [2.24, 2.45) is 5.92 Å². The van der Waals surface area contributed by atoms with Crippen molar-refractivity contribution < 1.29 is 10.3 Å². The van der Waals surface area contributed by atoms with E-state index >= 15 is 0 Å². The average molecular weight is 238 g/mol. The van der Waals surface area contributed by atoms with Crippen LogP contribution in [0.2, 0.25) is 0 Å². The molecule has 0 aromatic heterocycles. The molecule has 0 amide bonds. The molecule has 1 fully saturated rings. The minimum absolute atomic E-state index is 0.906. The van der Waals surface area contributed by atoms with E-state index in [-0.39, 0.29) is 0 Å². The van der Waals surface area contributed by atoms with Gasteiger partial charge in [-0.2, -0.15) is 0 Å². The molecule has 2 N–H and O–H groups in total. The molecule has 0 atom stereocenters. The monoisotopic (exact) mass is 238 g/mol. The van der Waals surface area contributed by atoms with Gasteiger partial charge in [-0.05, 0) is 43.8 Å². The molecule has 1 aliphatic rings. The first-order valence-corrected chi connectivity index (χ1v) is 5.76. The van der Waals surface area contributed by atoms with Crippen LogP contribution in [0.1, 0.15) is 18.4 Å². The summed E-state index contributed by atoms with van der Waals surface area (Å²) >= 11 is 0. The lowest BCUT2D eigenvalue weighted by molar-refractivity contribution is -0.742. The molecule has 0 radical (unpaired) electrons. The van der Waals surface area contributed by atoms with Crippen LogP contribution in [0.15, 0.2) is 30.3 Å². The topological polar surface area (TPSA) is 75.4 Å². The predicted molar refractivity (Wildman–Crippen MR) is 64.5 cm³/mol. The van der Waals surface area contributed by atoms with E-state index in [1.807, 2.05) is 0 Å². The molecule has 2 rings (SSSR count). The van der Waals surface area contributed by atoms with E-state index in [0.29, 0.717) is 0 Å². The van der Waals surface area contributed by atoms with Crippen molar-refractivity contribution in [2.75, 3.05) is 13.1 Å². The Morgan fingerprint density at radius 1 is 1.29 bits per heavy atom. The van der Waals surface area contributed by atoms with Crippen molar-refractivity contribution in [3.05, 3.63) is 46.0 Å². The number of benzene rings is 1. The number of piperidine rings is 1. The van der Waals surface area contributed by atoms with Crippen LogP contribution in [0.25, 0.3) is 0 Å². The van der Waals surface area contributed by atoms with Gasteiger partial charge in [-0.25, -0.2) is 0 Å². The molecular weight excluding hydrogens is 220 g/mol. The standard InChI is InChI=1S/C12H17N.HNO3/c1-2-4-11(5-3-1)10-12-6-8-13-9-7-12;2-1(3)4/h1-5,12-13H,6-10H2;(H,2,3,4). The Kier molecular flexibility index (Phi) is 6.03. The third-order valence-corrected chi connectivity index (χ3v) is 2.83. The first kappa shape index (κ1) is 13.4. The predicted octanol–water partition coefficient (Wildman–Crippen LogP) is 1.88. The average Bonchev–Trinajstić information content (AvgIpc) is 2.31. The van der Waals surface area contributed by atoms with Gasteiger partial charge >= 0.3 is 0 Å². The van der Waals surface area contributed by atoms with Gasteiger partial charge in [-0.3, -0.25) is 0 Å². The summed E-state index contributed by atoms with van der Waals surface area (Å²) in [5.74, 6) is 0.906. The molecule has 17 heavy (non-hydrogen) atoms. The van der Waals surface area contributed by atoms with E-state index in [9.17, 15) is 0 Å². The fourth-order valence-corrected chi connectivity index (χ4v) is 2.03. The van der Waals surface area contributed by atoms with Crippen molar-refractivity contribution in [3.63, 3.8) is 0 Å². The molecule has 0 aliphatic carbocycles. The highest BCUT2D eigenvalue weighted by Crippen LogP contribution is 2.17. The summed E-state index contributed by atoms with van der Waals surface area (Å²) in [6, 6.07) is 10.8. The molecule has 1 aromatic carbocycles. The number of hydrogen-bond acceptors (Lipinski definition) is 3. The quantitative estimate of drug-likeness (QED) is 0.609. The summed E-state index contributed by atoms with van der Waals surface area (Å²) < 4.78 is 0. The number of nitrogens with zero attached hydrogens (tertiary/aromatic N) is 1. The first-order valence-electron chi connectivity index (χ1n) is 5.76. The van der Waals surface area contributed by atoms with Gasteiger partial charge in [0, 0.05) is 0 Å². The normalized spacial score (nSPS) is 15.8. The lowest BCUT2D eigenvalue weighted by Gasteiger charge is -2.22. The van der Waals surface area contributed by atoms with Gasteiger partial charge in [0.25, 0.3) is 5.09 Å². The number of hydrogen-bond donors (Lipinski definition) is 2. The highest BCUT2D eigenvalue weighted by molar-refractivity contribution is 5.15. The molecule has 0 bridgehead atoms. The van der Waals surface area contributed by atoms with Gasteiger partial charge < -0.3 is 10.5 Å². The minimum Gasteiger partial charge on any atom is -0.328 e. The zero-order valence-electron chi connectivity index (χ0n) is 9.71.